The van der Waals surface area contributed by atoms with Gasteiger partial charge in [-0.25, -0.2) is 13.1 Å². The summed E-state index contributed by atoms with van der Waals surface area (Å²) in [7, 11) is -1.72. The summed E-state index contributed by atoms with van der Waals surface area (Å²) in [5.41, 5.74) is 1.90. The maximum absolute atomic E-state index is 12.1. The monoisotopic (exact) mass is 314 g/mol. The highest BCUT2D eigenvalue weighted by atomic mass is 32.2. The Morgan fingerprint density at radius 1 is 1.29 bits per heavy atom. The highest BCUT2D eigenvalue weighted by Gasteiger charge is 2.15. The third-order valence-corrected chi connectivity index (χ3v) is 4.54. The zero-order valence-electron chi connectivity index (χ0n) is 13.1. The van der Waals surface area contributed by atoms with E-state index in [2.05, 4.69) is 10.0 Å². The molecule has 0 heterocycles. The van der Waals surface area contributed by atoms with Crippen LogP contribution in [0.4, 0.5) is 0 Å². The summed E-state index contributed by atoms with van der Waals surface area (Å²) >= 11 is 0. The van der Waals surface area contributed by atoms with Gasteiger partial charge in [0.2, 0.25) is 10.0 Å². The van der Waals surface area contributed by atoms with E-state index in [-0.39, 0.29) is 11.8 Å². The molecule has 1 aromatic rings. The van der Waals surface area contributed by atoms with Crippen molar-refractivity contribution in [3.8, 4) is 0 Å². The first-order valence-electron chi connectivity index (χ1n) is 7.24. The Labute approximate surface area is 128 Å². The van der Waals surface area contributed by atoms with E-state index in [4.69, 9.17) is 4.74 Å². The van der Waals surface area contributed by atoms with Crippen LogP contribution in [-0.2, 0) is 27.1 Å². The number of nitrogens with one attached hydrogen (secondary N) is 2. The topological polar surface area (TPSA) is 67.4 Å². The Balaban J connectivity index is 2.62. The molecule has 0 radical (unpaired) electrons. The van der Waals surface area contributed by atoms with Crippen molar-refractivity contribution in [2.45, 2.75) is 38.6 Å². The normalized spacial score (nSPS) is 13.3. The predicted octanol–water partition coefficient (Wildman–Crippen LogP) is 1.64. The quantitative estimate of drug-likeness (QED) is 0.689. The van der Waals surface area contributed by atoms with Crippen molar-refractivity contribution < 1.29 is 13.2 Å². The van der Waals surface area contributed by atoms with E-state index in [1.165, 1.54) is 0 Å². The van der Waals surface area contributed by atoms with Crippen LogP contribution in [0.5, 0.6) is 0 Å². The lowest BCUT2D eigenvalue weighted by Gasteiger charge is -2.14. The SMILES string of the molecule is CCNCc1cccc(CS(=O)(=O)NC(C)CCOC)c1. The molecule has 1 aromatic carbocycles. The average molecular weight is 314 g/mol. The van der Waals surface area contributed by atoms with Crippen LogP contribution in [0.2, 0.25) is 0 Å². The van der Waals surface area contributed by atoms with Crippen molar-refractivity contribution in [2.75, 3.05) is 20.3 Å². The average Bonchev–Trinajstić information content (AvgIpc) is 2.42. The molecule has 6 heteroatoms. The molecule has 1 atom stereocenters. The Kier molecular flexibility index (Phi) is 7.88. The molecule has 2 N–H and O–H groups in total. The maximum atomic E-state index is 12.1. The zero-order valence-corrected chi connectivity index (χ0v) is 13.9. The van der Waals surface area contributed by atoms with Crippen molar-refractivity contribution in [1.82, 2.24) is 10.0 Å². The largest absolute Gasteiger partial charge is 0.385 e. The Morgan fingerprint density at radius 2 is 2.00 bits per heavy atom. The molecule has 0 aliphatic carbocycles. The van der Waals surface area contributed by atoms with Gasteiger partial charge >= 0.3 is 0 Å². The number of hydrogen-bond acceptors (Lipinski definition) is 4. The van der Waals surface area contributed by atoms with Crippen molar-refractivity contribution >= 4 is 10.0 Å². The number of methoxy groups -OCH3 is 1. The van der Waals surface area contributed by atoms with E-state index < -0.39 is 10.0 Å². The summed E-state index contributed by atoms with van der Waals surface area (Å²) in [5.74, 6) is 0.00425. The third-order valence-electron chi connectivity index (χ3n) is 3.06. The van der Waals surface area contributed by atoms with E-state index in [0.717, 1.165) is 24.2 Å². The number of benzene rings is 1. The van der Waals surface area contributed by atoms with Gasteiger partial charge in [-0.15, -0.1) is 0 Å². The maximum Gasteiger partial charge on any atom is 0.216 e. The Hall–Kier alpha value is -0.950. The molecule has 0 bridgehead atoms. The fourth-order valence-electron chi connectivity index (χ4n) is 2.02. The molecule has 0 saturated heterocycles. The lowest BCUT2D eigenvalue weighted by molar-refractivity contribution is 0.188. The molecule has 0 fully saturated rings. The lowest BCUT2D eigenvalue weighted by Crippen LogP contribution is -2.34. The van der Waals surface area contributed by atoms with Crippen molar-refractivity contribution in [2.24, 2.45) is 0 Å². The van der Waals surface area contributed by atoms with E-state index in [0.29, 0.717) is 13.0 Å². The first-order chi connectivity index (χ1) is 9.96. The summed E-state index contributed by atoms with van der Waals surface area (Å²) in [6.07, 6.45) is 0.663. The number of rotatable bonds is 10. The van der Waals surface area contributed by atoms with Crippen molar-refractivity contribution in [3.05, 3.63) is 35.4 Å². The summed E-state index contributed by atoms with van der Waals surface area (Å²) < 4.78 is 31.9. The standard InChI is InChI=1S/C15H26N2O3S/c1-4-16-11-14-6-5-7-15(10-14)12-21(18,19)17-13(2)8-9-20-3/h5-7,10,13,16-17H,4,8-9,11-12H2,1-3H3. The van der Waals surface area contributed by atoms with E-state index in [9.17, 15) is 8.42 Å². The highest BCUT2D eigenvalue weighted by molar-refractivity contribution is 7.88. The van der Waals surface area contributed by atoms with Crippen molar-refractivity contribution in [1.29, 1.82) is 0 Å². The fraction of sp³-hybridized carbons (Fsp3) is 0.600. The fourth-order valence-corrected chi connectivity index (χ4v) is 3.45. The van der Waals surface area contributed by atoms with Crippen LogP contribution in [0.15, 0.2) is 24.3 Å². The van der Waals surface area contributed by atoms with Crippen molar-refractivity contribution in [3.63, 3.8) is 0 Å². The van der Waals surface area contributed by atoms with Crippen LogP contribution < -0.4 is 10.0 Å². The molecule has 0 amide bonds. The molecule has 0 saturated carbocycles. The molecule has 1 unspecified atom stereocenters. The minimum Gasteiger partial charge on any atom is -0.385 e. The second-order valence-electron chi connectivity index (χ2n) is 5.16. The molecular weight excluding hydrogens is 288 g/mol. The molecule has 0 aliphatic heterocycles. The summed E-state index contributed by atoms with van der Waals surface area (Å²) in [6, 6.07) is 7.54. The van der Waals surface area contributed by atoms with Crippen LogP contribution in [0.25, 0.3) is 0 Å². The zero-order chi connectivity index (χ0) is 15.7. The van der Waals surface area contributed by atoms with E-state index in [1.807, 2.05) is 38.1 Å². The predicted molar refractivity (Wildman–Crippen MR) is 85.5 cm³/mol. The Morgan fingerprint density at radius 3 is 2.67 bits per heavy atom. The van der Waals surface area contributed by atoms with Crippen LogP contribution in [0.3, 0.4) is 0 Å². The highest BCUT2D eigenvalue weighted by Crippen LogP contribution is 2.09. The minimum atomic E-state index is -3.33. The van der Waals surface area contributed by atoms with Gasteiger partial charge in [0.05, 0.1) is 5.75 Å². The second kappa shape index (κ2) is 9.15. The summed E-state index contributed by atoms with van der Waals surface area (Å²) in [5, 5.41) is 3.23. The second-order valence-corrected chi connectivity index (χ2v) is 6.91. The van der Waals surface area contributed by atoms with Gasteiger partial charge in [0.25, 0.3) is 0 Å². The molecule has 0 aliphatic rings. The van der Waals surface area contributed by atoms with Gasteiger partial charge in [0, 0.05) is 26.3 Å². The van der Waals surface area contributed by atoms with Gasteiger partial charge in [-0.2, -0.15) is 0 Å². The van der Waals surface area contributed by atoms with Gasteiger partial charge in [-0.1, -0.05) is 31.2 Å². The molecule has 0 aromatic heterocycles. The van der Waals surface area contributed by atoms with Crippen LogP contribution >= 0.6 is 0 Å². The molecule has 120 valence electrons. The Bertz CT molecular complexity index is 517. The van der Waals surface area contributed by atoms with Crippen LogP contribution in [-0.4, -0.2) is 34.7 Å². The van der Waals surface area contributed by atoms with Gasteiger partial charge in [-0.05, 0) is 31.0 Å². The number of sulfonamides is 1. The van der Waals surface area contributed by atoms with Gasteiger partial charge in [0.1, 0.15) is 0 Å². The van der Waals surface area contributed by atoms with Gasteiger partial charge < -0.3 is 10.1 Å². The smallest absolute Gasteiger partial charge is 0.216 e. The molecule has 5 nitrogen and oxygen atoms in total. The molecular formula is C15H26N2O3S. The van der Waals surface area contributed by atoms with Gasteiger partial charge in [0.15, 0.2) is 0 Å². The van der Waals surface area contributed by atoms with E-state index >= 15 is 0 Å². The molecule has 21 heavy (non-hydrogen) atoms. The number of ether oxygens (including phenoxy) is 1. The van der Waals surface area contributed by atoms with Crippen LogP contribution in [0, 0.1) is 0 Å². The van der Waals surface area contributed by atoms with Crippen LogP contribution in [0.1, 0.15) is 31.4 Å². The first kappa shape index (κ1) is 18.1. The molecule has 1 rings (SSSR count). The molecule has 0 spiro atoms. The first-order valence-corrected chi connectivity index (χ1v) is 8.89. The summed E-state index contributed by atoms with van der Waals surface area (Å²) in [4.78, 5) is 0. The lowest BCUT2D eigenvalue weighted by atomic mass is 10.1. The number of hydrogen-bond donors (Lipinski definition) is 2. The van der Waals surface area contributed by atoms with Gasteiger partial charge in [-0.3, -0.25) is 0 Å². The van der Waals surface area contributed by atoms with E-state index in [1.54, 1.807) is 7.11 Å². The minimum absolute atomic E-state index is 0.00425. The third kappa shape index (κ3) is 7.57. The summed E-state index contributed by atoms with van der Waals surface area (Å²) in [6.45, 7) is 6.07.